The molecule has 8 heteroatoms. The Morgan fingerprint density at radius 3 is 2.20 bits per heavy atom. The first kappa shape index (κ1) is 26.0. The number of nitrogens with zero attached hydrogens (tertiary/aromatic N) is 2. The van der Waals surface area contributed by atoms with Crippen molar-refractivity contribution >= 4 is 10.0 Å². The lowest BCUT2D eigenvalue weighted by atomic mass is 9.95. The maximum absolute atomic E-state index is 13.2. The van der Waals surface area contributed by atoms with Gasteiger partial charge in [-0.2, -0.15) is 4.31 Å². The van der Waals surface area contributed by atoms with Crippen LogP contribution in [-0.4, -0.2) is 88.2 Å². The fourth-order valence-electron chi connectivity index (χ4n) is 4.72. The first-order valence-electron chi connectivity index (χ1n) is 11.8. The molecule has 7 nitrogen and oxygen atoms in total. The molecular formula is C22H44N2O5S. The van der Waals surface area contributed by atoms with Crippen LogP contribution in [0, 0.1) is 0 Å². The number of likely N-dealkylation sites (tertiary alicyclic amines) is 1. The maximum atomic E-state index is 13.2. The number of rotatable bonds is 10. The Morgan fingerprint density at radius 1 is 0.967 bits per heavy atom. The Bertz CT molecular complexity index is 601. The quantitative estimate of drug-likeness (QED) is 0.443. The van der Waals surface area contributed by atoms with Gasteiger partial charge >= 0.3 is 0 Å². The average Bonchev–Trinajstić information content (AvgIpc) is 2.69. The topological polar surface area (TPSA) is 101 Å². The van der Waals surface area contributed by atoms with Crippen LogP contribution in [0.2, 0.25) is 0 Å². The van der Waals surface area contributed by atoms with Gasteiger partial charge in [0.15, 0.2) is 0 Å². The summed E-state index contributed by atoms with van der Waals surface area (Å²) in [6.07, 6.45) is 8.02. The van der Waals surface area contributed by atoms with Crippen LogP contribution in [0.25, 0.3) is 0 Å². The van der Waals surface area contributed by atoms with Crippen molar-refractivity contribution in [3.8, 4) is 0 Å². The highest BCUT2D eigenvalue weighted by Gasteiger charge is 2.39. The standard InChI is InChI=1S/C22H44N2O5S/c1-22(2,3)30(28,29)24(18-11-7-6-8-12-18)14-10-5-4-9-13-23-16-21(27)20(26)15-19(23)17-25/h18-21,25-27H,4-17H2,1-3H3/t19-,20-,21-/m0/s1. The second-order valence-electron chi connectivity index (χ2n) is 10.1. The van der Waals surface area contributed by atoms with Crippen molar-refractivity contribution < 1.29 is 23.7 Å². The molecule has 3 N–H and O–H groups in total. The van der Waals surface area contributed by atoms with E-state index in [0.29, 0.717) is 19.5 Å². The van der Waals surface area contributed by atoms with Crippen molar-refractivity contribution in [1.82, 2.24) is 9.21 Å². The number of piperidine rings is 1. The molecule has 0 aromatic heterocycles. The zero-order valence-corrected chi connectivity index (χ0v) is 20.0. The van der Waals surface area contributed by atoms with Crippen LogP contribution in [0.4, 0.5) is 0 Å². The van der Waals surface area contributed by atoms with Gasteiger partial charge in [-0.1, -0.05) is 32.1 Å². The molecule has 0 amide bonds. The minimum absolute atomic E-state index is 0.00914. The van der Waals surface area contributed by atoms with Gasteiger partial charge < -0.3 is 15.3 Å². The van der Waals surface area contributed by atoms with Crippen molar-refractivity contribution in [3.05, 3.63) is 0 Å². The van der Waals surface area contributed by atoms with E-state index >= 15 is 0 Å². The molecule has 3 atom stereocenters. The first-order chi connectivity index (χ1) is 14.1. The van der Waals surface area contributed by atoms with E-state index in [1.807, 2.05) is 0 Å². The highest BCUT2D eigenvalue weighted by atomic mass is 32.2. The number of β-amino-alcohol motifs (C(OH)–C–C–N with tert-alkyl or cyclic N) is 1. The molecule has 1 aliphatic carbocycles. The Balaban J connectivity index is 1.79. The van der Waals surface area contributed by atoms with Crippen molar-refractivity contribution in [2.24, 2.45) is 0 Å². The van der Waals surface area contributed by atoms with E-state index in [2.05, 4.69) is 4.90 Å². The number of hydrogen-bond donors (Lipinski definition) is 3. The van der Waals surface area contributed by atoms with Crippen molar-refractivity contribution in [2.45, 2.75) is 114 Å². The summed E-state index contributed by atoms with van der Waals surface area (Å²) < 4.78 is 27.3. The summed E-state index contributed by atoms with van der Waals surface area (Å²) in [5.74, 6) is 0. The van der Waals surface area contributed by atoms with Crippen molar-refractivity contribution in [1.29, 1.82) is 0 Å². The minimum Gasteiger partial charge on any atom is -0.395 e. The van der Waals surface area contributed by atoms with Gasteiger partial charge in [-0.25, -0.2) is 8.42 Å². The molecule has 1 saturated carbocycles. The van der Waals surface area contributed by atoms with Crippen LogP contribution in [-0.2, 0) is 10.0 Å². The highest BCUT2D eigenvalue weighted by Crippen LogP contribution is 2.30. The smallest absolute Gasteiger partial charge is 0.219 e. The lowest BCUT2D eigenvalue weighted by molar-refractivity contribution is -0.0710. The zero-order chi connectivity index (χ0) is 22.4. The Kier molecular flexibility index (Phi) is 10.0. The molecule has 0 aromatic rings. The Morgan fingerprint density at radius 2 is 1.60 bits per heavy atom. The van der Waals surface area contributed by atoms with Gasteiger partial charge in [0, 0.05) is 25.2 Å². The lowest BCUT2D eigenvalue weighted by Crippen LogP contribution is -2.53. The van der Waals surface area contributed by atoms with Gasteiger partial charge in [0.05, 0.1) is 23.6 Å². The monoisotopic (exact) mass is 448 g/mol. The minimum atomic E-state index is -3.32. The molecule has 0 aromatic carbocycles. The van der Waals surface area contributed by atoms with Gasteiger partial charge in [-0.3, -0.25) is 4.90 Å². The molecule has 2 rings (SSSR count). The molecule has 1 aliphatic heterocycles. The van der Waals surface area contributed by atoms with E-state index in [1.165, 1.54) is 6.42 Å². The Labute approximate surface area is 183 Å². The second kappa shape index (κ2) is 11.6. The van der Waals surface area contributed by atoms with Crippen LogP contribution >= 0.6 is 0 Å². The molecule has 0 unspecified atom stereocenters. The molecule has 1 saturated heterocycles. The van der Waals surface area contributed by atoms with E-state index < -0.39 is 27.0 Å². The van der Waals surface area contributed by atoms with Crippen molar-refractivity contribution in [2.75, 3.05) is 26.2 Å². The van der Waals surface area contributed by atoms with Crippen molar-refractivity contribution in [3.63, 3.8) is 0 Å². The number of aliphatic hydroxyl groups is 3. The van der Waals surface area contributed by atoms with E-state index in [-0.39, 0.29) is 18.7 Å². The third-order valence-corrected chi connectivity index (χ3v) is 9.39. The second-order valence-corrected chi connectivity index (χ2v) is 12.8. The number of unbranched alkanes of at least 4 members (excludes halogenated alkanes) is 3. The van der Waals surface area contributed by atoms with E-state index in [9.17, 15) is 23.7 Å². The summed E-state index contributed by atoms with van der Waals surface area (Å²) in [6, 6.07) is 0.0525. The third kappa shape index (κ3) is 6.87. The number of aliphatic hydroxyl groups excluding tert-OH is 3. The van der Waals surface area contributed by atoms with Gasteiger partial charge in [0.2, 0.25) is 10.0 Å². The summed E-state index contributed by atoms with van der Waals surface area (Å²) >= 11 is 0. The van der Waals surface area contributed by atoms with Crippen LogP contribution in [0.15, 0.2) is 0 Å². The summed E-state index contributed by atoms with van der Waals surface area (Å²) in [7, 11) is -3.32. The first-order valence-corrected chi connectivity index (χ1v) is 13.2. The summed E-state index contributed by atoms with van der Waals surface area (Å²) in [5.41, 5.74) is 0. The van der Waals surface area contributed by atoms with Gasteiger partial charge in [0.1, 0.15) is 0 Å². The van der Waals surface area contributed by atoms with Gasteiger partial charge in [0.25, 0.3) is 0 Å². The summed E-state index contributed by atoms with van der Waals surface area (Å²) in [5, 5.41) is 29.2. The fraction of sp³-hybridized carbons (Fsp3) is 1.00. The van der Waals surface area contributed by atoms with E-state index in [1.54, 1.807) is 25.1 Å². The zero-order valence-electron chi connectivity index (χ0n) is 19.2. The predicted octanol–water partition coefficient (Wildman–Crippen LogP) is 2.10. The number of hydrogen-bond acceptors (Lipinski definition) is 6. The predicted molar refractivity (Wildman–Crippen MR) is 120 cm³/mol. The summed E-state index contributed by atoms with van der Waals surface area (Å²) in [6.45, 7) is 7.13. The lowest BCUT2D eigenvalue weighted by Gasteiger charge is -2.39. The van der Waals surface area contributed by atoms with Crippen LogP contribution < -0.4 is 0 Å². The molecule has 2 aliphatic rings. The third-order valence-electron chi connectivity index (χ3n) is 6.74. The molecule has 2 fully saturated rings. The van der Waals surface area contributed by atoms with E-state index in [0.717, 1.165) is 57.9 Å². The van der Waals surface area contributed by atoms with Crippen LogP contribution in [0.5, 0.6) is 0 Å². The van der Waals surface area contributed by atoms with Crippen LogP contribution in [0.3, 0.4) is 0 Å². The van der Waals surface area contributed by atoms with Gasteiger partial charge in [-0.05, 0) is 59.4 Å². The fourth-order valence-corrected chi connectivity index (χ4v) is 6.39. The molecular weight excluding hydrogens is 404 g/mol. The molecule has 30 heavy (non-hydrogen) atoms. The maximum Gasteiger partial charge on any atom is 0.219 e. The largest absolute Gasteiger partial charge is 0.395 e. The average molecular weight is 449 g/mol. The molecule has 0 spiro atoms. The summed E-state index contributed by atoms with van der Waals surface area (Å²) in [4.78, 5) is 2.07. The molecule has 0 radical (unpaired) electrons. The van der Waals surface area contributed by atoms with Crippen LogP contribution in [0.1, 0.15) is 85.0 Å². The molecule has 1 heterocycles. The number of sulfonamides is 1. The van der Waals surface area contributed by atoms with E-state index in [4.69, 9.17) is 0 Å². The SMILES string of the molecule is CC(C)(C)S(=O)(=O)N(CCCCCCN1C[C@H](O)[C@@H](O)C[C@H]1CO)C1CCCCC1. The highest BCUT2D eigenvalue weighted by molar-refractivity contribution is 7.90. The normalized spacial score (nSPS) is 27.6. The molecule has 178 valence electrons. The Hall–Kier alpha value is -0.250. The van der Waals surface area contributed by atoms with Gasteiger partial charge in [-0.15, -0.1) is 0 Å². The molecule has 0 bridgehead atoms.